The van der Waals surface area contributed by atoms with Gasteiger partial charge in [-0.3, -0.25) is 0 Å². The molecule has 1 aromatic heterocycles. The fraction of sp³-hybridized carbons (Fsp3) is 0.824. The molecule has 0 bridgehead atoms. The Morgan fingerprint density at radius 1 is 1.33 bits per heavy atom. The molecule has 2 aliphatic rings. The minimum Gasteiger partial charge on any atom is -0.371 e. The third kappa shape index (κ3) is 3.49. The lowest BCUT2D eigenvalue weighted by atomic mass is 10.0. The summed E-state index contributed by atoms with van der Waals surface area (Å²) in [4.78, 5) is 6.47. The Morgan fingerprint density at radius 3 is 2.62 bits per heavy atom. The molecule has 2 saturated carbocycles. The van der Waals surface area contributed by atoms with Crippen LogP contribution in [0.1, 0.15) is 68.0 Å². The first kappa shape index (κ1) is 15.4. The van der Waals surface area contributed by atoms with Crippen LogP contribution < -0.4 is 5.32 Å². The maximum atomic E-state index is 5.92. The molecule has 3 rings (SSSR count). The normalized spacial score (nSPS) is 21.3. The Balaban J connectivity index is 1.82. The lowest BCUT2D eigenvalue weighted by Crippen LogP contribution is -2.24. The van der Waals surface area contributed by atoms with Gasteiger partial charge in [-0.15, -0.1) is 11.3 Å². The topological polar surface area (TPSA) is 34.1 Å². The molecule has 2 fully saturated rings. The van der Waals surface area contributed by atoms with Crippen LogP contribution in [-0.2, 0) is 23.3 Å². The predicted molar refractivity (Wildman–Crippen MR) is 87.7 cm³/mol. The van der Waals surface area contributed by atoms with Gasteiger partial charge in [0.05, 0.1) is 5.69 Å². The van der Waals surface area contributed by atoms with Crippen molar-refractivity contribution in [3.63, 3.8) is 0 Å². The third-order valence-corrected chi connectivity index (χ3v) is 5.98. The van der Waals surface area contributed by atoms with Crippen molar-refractivity contribution >= 4 is 11.3 Å². The Kier molecular flexibility index (Phi) is 4.67. The van der Waals surface area contributed by atoms with Gasteiger partial charge in [0.25, 0.3) is 0 Å². The van der Waals surface area contributed by atoms with E-state index in [1.165, 1.54) is 41.3 Å². The molecule has 1 heterocycles. The Hall–Kier alpha value is -0.450. The summed E-state index contributed by atoms with van der Waals surface area (Å²) in [5, 5.41) is 4.88. The molecule has 0 aliphatic heterocycles. The van der Waals surface area contributed by atoms with Crippen LogP contribution in [-0.4, -0.2) is 18.1 Å². The molecule has 118 valence electrons. The number of methoxy groups -OCH3 is 1. The zero-order valence-electron chi connectivity index (χ0n) is 13.6. The van der Waals surface area contributed by atoms with Gasteiger partial charge in [0, 0.05) is 24.6 Å². The second-order valence-electron chi connectivity index (χ2n) is 7.05. The number of hydrogen-bond donors (Lipinski definition) is 1. The van der Waals surface area contributed by atoms with Crippen LogP contribution >= 0.6 is 11.3 Å². The van der Waals surface area contributed by atoms with E-state index in [0.717, 1.165) is 31.8 Å². The lowest BCUT2D eigenvalue weighted by molar-refractivity contribution is -0.00897. The van der Waals surface area contributed by atoms with Gasteiger partial charge in [-0.2, -0.15) is 0 Å². The molecule has 2 aliphatic carbocycles. The van der Waals surface area contributed by atoms with E-state index >= 15 is 0 Å². The predicted octanol–water partition coefficient (Wildman–Crippen LogP) is 4.01. The van der Waals surface area contributed by atoms with Crippen molar-refractivity contribution < 1.29 is 4.74 Å². The van der Waals surface area contributed by atoms with Gasteiger partial charge >= 0.3 is 0 Å². The summed E-state index contributed by atoms with van der Waals surface area (Å²) in [5.41, 5.74) is 1.22. The number of rotatable bonds is 7. The van der Waals surface area contributed by atoms with Crippen molar-refractivity contribution in [2.24, 2.45) is 5.92 Å². The summed E-state index contributed by atoms with van der Waals surface area (Å²) in [6.45, 7) is 5.54. The fourth-order valence-corrected chi connectivity index (χ4v) is 4.50. The largest absolute Gasteiger partial charge is 0.371 e. The van der Waals surface area contributed by atoms with Gasteiger partial charge in [-0.1, -0.05) is 26.7 Å². The second kappa shape index (κ2) is 6.35. The molecule has 0 aromatic carbocycles. The maximum Gasteiger partial charge on any atom is 0.125 e. The van der Waals surface area contributed by atoms with Crippen molar-refractivity contribution in [3.8, 4) is 0 Å². The summed E-state index contributed by atoms with van der Waals surface area (Å²) in [6, 6.07) is 0.755. The lowest BCUT2D eigenvalue weighted by Gasteiger charge is -2.24. The average Bonchev–Trinajstić information content (AvgIpc) is 3.00. The highest BCUT2D eigenvalue weighted by molar-refractivity contribution is 7.11. The van der Waals surface area contributed by atoms with Gasteiger partial charge in [0.1, 0.15) is 10.6 Å². The fourth-order valence-electron chi connectivity index (χ4n) is 3.24. The van der Waals surface area contributed by atoms with E-state index in [4.69, 9.17) is 9.72 Å². The molecule has 4 heteroatoms. The van der Waals surface area contributed by atoms with Gasteiger partial charge in [0.15, 0.2) is 0 Å². The summed E-state index contributed by atoms with van der Waals surface area (Å²) < 4.78 is 5.92. The summed E-state index contributed by atoms with van der Waals surface area (Å²) in [6.07, 6.45) is 8.56. The molecule has 1 N–H and O–H groups in total. The SMILES string of the molecule is COC1(c2nc(CC(C)C)c(CNC3CC3)s2)CCCC1. The number of aromatic nitrogens is 1. The van der Waals surface area contributed by atoms with E-state index in [1.807, 2.05) is 18.4 Å². The maximum absolute atomic E-state index is 5.92. The molecule has 0 radical (unpaired) electrons. The van der Waals surface area contributed by atoms with E-state index in [0.29, 0.717) is 5.92 Å². The van der Waals surface area contributed by atoms with E-state index in [1.54, 1.807) is 0 Å². The van der Waals surface area contributed by atoms with Crippen molar-refractivity contribution in [2.75, 3.05) is 7.11 Å². The number of hydrogen-bond acceptors (Lipinski definition) is 4. The molecule has 0 spiro atoms. The first-order chi connectivity index (χ1) is 10.1. The van der Waals surface area contributed by atoms with E-state index in [2.05, 4.69) is 19.2 Å². The molecule has 1 aromatic rings. The molecule has 0 saturated heterocycles. The quantitative estimate of drug-likeness (QED) is 0.826. The summed E-state index contributed by atoms with van der Waals surface area (Å²) in [7, 11) is 1.86. The van der Waals surface area contributed by atoms with Crippen molar-refractivity contribution in [1.29, 1.82) is 0 Å². The number of nitrogens with one attached hydrogen (secondary N) is 1. The van der Waals surface area contributed by atoms with Crippen molar-refractivity contribution in [3.05, 3.63) is 15.6 Å². The molecular weight excluding hydrogens is 280 g/mol. The smallest absolute Gasteiger partial charge is 0.125 e. The molecule has 21 heavy (non-hydrogen) atoms. The van der Waals surface area contributed by atoms with Crippen LogP contribution in [0.2, 0.25) is 0 Å². The van der Waals surface area contributed by atoms with Crippen LogP contribution in [0.5, 0.6) is 0 Å². The van der Waals surface area contributed by atoms with Crippen LogP contribution in [0.25, 0.3) is 0 Å². The number of thiazole rings is 1. The van der Waals surface area contributed by atoms with E-state index < -0.39 is 0 Å². The minimum absolute atomic E-state index is 0.0891. The number of nitrogens with zero attached hydrogens (tertiary/aromatic N) is 1. The van der Waals surface area contributed by atoms with Gasteiger partial charge in [-0.05, 0) is 38.0 Å². The molecule has 0 unspecified atom stereocenters. The first-order valence-corrected chi connectivity index (χ1v) is 9.22. The highest BCUT2D eigenvalue weighted by atomic mass is 32.1. The molecule has 0 atom stereocenters. The first-order valence-electron chi connectivity index (χ1n) is 8.40. The molecule has 3 nitrogen and oxygen atoms in total. The van der Waals surface area contributed by atoms with E-state index in [9.17, 15) is 0 Å². The van der Waals surface area contributed by atoms with Crippen LogP contribution in [0, 0.1) is 5.92 Å². The highest BCUT2D eigenvalue weighted by Crippen LogP contribution is 2.44. The zero-order chi connectivity index (χ0) is 14.9. The summed E-state index contributed by atoms with van der Waals surface area (Å²) in [5.74, 6) is 0.654. The van der Waals surface area contributed by atoms with Gasteiger partial charge < -0.3 is 10.1 Å². The van der Waals surface area contributed by atoms with Gasteiger partial charge in [0.2, 0.25) is 0 Å². The van der Waals surface area contributed by atoms with E-state index in [-0.39, 0.29) is 5.60 Å². The monoisotopic (exact) mass is 308 g/mol. The number of ether oxygens (including phenoxy) is 1. The Bertz CT molecular complexity index is 473. The average molecular weight is 308 g/mol. The van der Waals surface area contributed by atoms with Crippen LogP contribution in [0.15, 0.2) is 0 Å². The summed E-state index contributed by atoms with van der Waals surface area (Å²) >= 11 is 1.89. The Morgan fingerprint density at radius 2 is 2.05 bits per heavy atom. The third-order valence-electron chi connectivity index (χ3n) is 4.70. The second-order valence-corrected chi connectivity index (χ2v) is 8.13. The van der Waals surface area contributed by atoms with Crippen LogP contribution in [0.4, 0.5) is 0 Å². The minimum atomic E-state index is -0.0891. The molecule has 0 amide bonds. The Labute approximate surface area is 132 Å². The van der Waals surface area contributed by atoms with Crippen molar-refractivity contribution in [1.82, 2.24) is 10.3 Å². The van der Waals surface area contributed by atoms with Gasteiger partial charge in [-0.25, -0.2) is 4.98 Å². The highest BCUT2D eigenvalue weighted by Gasteiger charge is 2.39. The van der Waals surface area contributed by atoms with Crippen molar-refractivity contribution in [2.45, 2.75) is 77.0 Å². The van der Waals surface area contributed by atoms with Crippen LogP contribution in [0.3, 0.4) is 0 Å². The molecular formula is C17H28N2OS. The standard InChI is InChI=1S/C17H28N2OS/c1-12(2)10-14-15(11-18-13-6-7-13)21-16(19-14)17(20-3)8-4-5-9-17/h12-13,18H,4-11H2,1-3H3. The zero-order valence-corrected chi connectivity index (χ0v) is 14.4.